The zero-order valence-corrected chi connectivity index (χ0v) is 18.5. The molecule has 1 saturated heterocycles. The third-order valence-corrected chi connectivity index (χ3v) is 5.69. The van der Waals surface area contributed by atoms with Gasteiger partial charge in [0.25, 0.3) is 11.8 Å². The summed E-state index contributed by atoms with van der Waals surface area (Å²) in [5.74, 6) is -2.71. The summed E-state index contributed by atoms with van der Waals surface area (Å²) < 4.78 is 27.2. The highest BCUT2D eigenvalue weighted by Gasteiger charge is 2.32. The van der Waals surface area contributed by atoms with E-state index in [4.69, 9.17) is 11.6 Å². The third kappa shape index (κ3) is 5.24. The van der Waals surface area contributed by atoms with Crippen LogP contribution in [0, 0.1) is 17.6 Å². The zero-order chi connectivity index (χ0) is 23.4. The van der Waals surface area contributed by atoms with Gasteiger partial charge in [-0.1, -0.05) is 37.6 Å². The first-order valence-corrected chi connectivity index (χ1v) is 10.7. The number of hydrogen-bond acceptors (Lipinski definition) is 3. The van der Waals surface area contributed by atoms with Crippen LogP contribution in [0.4, 0.5) is 8.78 Å². The Bertz CT molecular complexity index is 1020. The van der Waals surface area contributed by atoms with Crippen LogP contribution in [0.15, 0.2) is 42.5 Å². The van der Waals surface area contributed by atoms with E-state index in [0.29, 0.717) is 0 Å². The van der Waals surface area contributed by atoms with Crippen molar-refractivity contribution in [1.82, 2.24) is 15.1 Å². The maximum atomic E-state index is 13.9. The Kier molecular flexibility index (Phi) is 7.45. The van der Waals surface area contributed by atoms with E-state index in [0.717, 1.165) is 6.07 Å². The molecule has 0 saturated carbocycles. The molecule has 2 aromatic carbocycles. The highest BCUT2D eigenvalue weighted by atomic mass is 35.5. The lowest BCUT2D eigenvalue weighted by Crippen LogP contribution is -2.57. The van der Waals surface area contributed by atoms with Gasteiger partial charge in [-0.3, -0.25) is 14.4 Å². The van der Waals surface area contributed by atoms with E-state index in [2.05, 4.69) is 5.32 Å². The molecule has 1 unspecified atom stereocenters. The van der Waals surface area contributed by atoms with E-state index >= 15 is 0 Å². The van der Waals surface area contributed by atoms with Crippen LogP contribution < -0.4 is 5.32 Å². The van der Waals surface area contributed by atoms with Crippen molar-refractivity contribution < 1.29 is 23.2 Å². The molecule has 0 aliphatic carbocycles. The normalized spacial score (nSPS) is 14.9. The molecular weight excluding hydrogens is 440 g/mol. The molecule has 1 atom stereocenters. The second-order valence-electron chi connectivity index (χ2n) is 7.92. The molecule has 32 heavy (non-hydrogen) atoms. The fourth-order valence-electron chi connectivity index (χ4n) is 3.54. The smallest absolute Gasteiger partial charge is 0.255 e. The number of rotatable bonds is 5. The van der Waals surface area contributed by atoms with Crippen LogP contribution in [0.5, 0.6) is 0 Å². The molecule has 2 aromatic rings. The number of nitrogens with one attached hydrogen (secondary N) is 1. The molecule has 0 bridgehead atoms. The Labute approximate surface area is 190 Å². The molecule has 1 aliphatic rings. The minimum atomic E-state index is -0.837. The summed E-state index contributed by atoms with van der Waals surface area (Å²) in [7, 11) is 0. The molecule has 0 spiro atoms. The van der Waals surface area contributed by atoms with E-state index < -0.39 is 23.6 Å². The molecule has 1 heterocycles. The van der Waals surface area contributed by atoms with Gasteiger partial charge in [0.2, 0.25) is 5.91 Å². The monoisotopic (exact) mass is 463 g/mol. The Balaban J connectivity index is 1.64. The van der Waals surface area contributed by atoms with Gasteiger partial charge in [0.1, 0.15) is 17.7 Å². The van der Waals surface area contributed by atoms with E-state index in [1.165, 1.54) is 30.3 Å². The number of carbonyl (C=O) groups is 3. The predicted molar refractivity (Wildman–Crippen MR) is 116 cm³/mol. The lowest BCUT2D eigenvalue weighted by molar-refractivity contribution is -0.135. The van der Waals surface area contributed by atoms with Crippen LogP contribution in [0.25, 0.3) is 0 Å². The number of nitrogens with zero attached hydrogens (tertiary/aromatic N) is 2. The summed E-state index contributed by atoms with van der Waals surface area (Å²) in [5, 5.41) is 2.67. The van der Waals surface area contributed by atoms with Crippen molar-refractivity contribution in [3.8, 4) is 0 Å². The number of benzene rings is 2. The van der Waals surface area contributed by atoms with Gasteiger partial charge in [-0.05, 0) is 36.2 Å². The Morgan fingerprint density at radius 3 is 2.16 bits per heavy atom. The maximum Gasteiger partial charge on any atom is 0.255 e. The highest BCUT2D eigenvalue weighted by Crippen LogP contribution is 2.20. The number of amides is 3. The lowest BCUT2D eigenvalue weighted by Gasteiger charge is -2.37. The lowest BCUT2D eigenvalue weighted by atomic mass is 10.0. The van der Waals surface area contributed by atoms with Gasteiger partial charge in [0, 0.05) is 26.2 Å². The molecule has 3 amide bonds. The van der Waals surface area contributed by atoms with Gasteiger partial charge in [-0.2, -0.15) is 0 Å². The van der Waals surface area contributed by atoms with Gasteiger partial charge in [-0.15, -0.1) is 0 Å². The second-order valence-corrected chi connectivity index (χ2v) is 8.32. The number of halogens is 3. The van der Waals surface area contributed by atoms with Crippen molar-refractivity contribution >= 4 is 29.3 Å². The van der Waals surface area contributed by atoms with Crippen LogP contribution in [0.3, 0.4) is 0 Å². The first-order valence-electron chi connectivity index (χ1n) is 10.3. The van der Waals surface area contributed by atoms with E-state index in [1.54, 1.807) is 29.7 Å². The third-order valence-electron chi connectivity index (χ3n) is 5.38. The summed E-state index contributed by atoms with van der Waals surface area (Å²) in [5.41, 5.74) is 0.0718. The Morgan fingerprint density at radius 1 is 0.938 bits per heavy atom. The maximum absolute atomic E-state index is 13.9. The molecule has 1 aliphatic heterocycles. The summed E-state index contributed by atoms with van der Waals surface area (Å²) in [6.45, 7) is 4.65. The molecule has 3 rings (SSSR count). The van der Waals surface area contributed by atoms with Crippen LogP contribution in [-0.2, 0) is 4.79 Å². The average Bonchev–Trinajstić information content (AvgIpc) is 2.76. The van der Waals surface area contributed by atoms with Gasteiger partial charge in [-0.25, -0.2) is 8.78 Å². The molecule has 6 nitrogen and oxygen atoms in total. The molecule has 170 valence electrons. The molecule has 9 heteroatoms. The van der Waals surface area contributed by atoms with E-state index in [9.17, 15) is 23.2 Å². The van der Waals surface area contributed by atoms with Crippen molar-refractivity contribution in [2.24, 2.45) is 5.92 Å². The van der Waals surface area contributed by atoms with Gasteiger partial charge in [0.15, 0.2) is 0 Å². The quantitative estimate of drug-likeness (QED) is 0.739. The standard InChI is InChI=1S/C23H24ClF2N3O3/c1-14(2)20(27-21(30)17-5-3-4-6-19(17)26)23(32)29-11-9-28(10-12-29)22(31)16-8-7-15(25)13-18(16)24/h3-8,13-14,20H,9-12H2,1-2H3,(H,27,30). The van der Waals surface area contributed by atoms with Gasteiger partial charge in [0.05, 0.1) is 16.1 Å². The highest BCUT2D eigenvalue weighted by molar-refractivity contribution is 6.33. The predicted octanol–water partition coefficient (Wildman–Crippen LogP) is 3.36. The zero-order valence-electron chi connectivity index (χ0n) is 17.8. The minimum Gasteiger partial charge on any atom is -0.340 e. The van der Waals surface area contributed by atoms with Crippen LogP contribution in [0.1, 0.15) is 34.6 Å². The Hall–Kier alpha value is -3.00. The Morgan fingerprint density at radius 2 is 1.56 bits per heavy atom. The van der Waals surface area contributed by atoms with Gasteiger partial charge >= 0.3 is 0 Å². The fourth-order valence-corrected chi connectivity index (χ4v) is 3.79. The second kappa shape index (κ2) is 10.1. The van der Waals surface area contributed by atoms with Gasteiger partial charge < -0.3 is 15.1 Å². The number of hydrogen-bond donors (Lipinski definition) is 1. The summed E-state index contributed by atoms with van der Waals surface area (Å²) in [6, 6.07) is 8.33. The van der Waals surface area contributed by atoms with Crippen molar-refractivity contribution in [3.05, 3.63) is 70.2 Å². The summed E-state index contributed by atoms with van der Waals surface area (Å²) >= 11 is 5.99. The molecular formula is C23H24ClF2N3O3. The van der Waals surface area contributed by atoms with Crippen LogP contribution in [-0.4, -0.2) is 59.7 Å². The number of carbonyl (C=O) groups excluding carboxylic acids is 3. The first kappa shape index (κ1) is 23.7. The van der Waals surface area contributed by atoms with Crippen LogP contribution in [0.2, 0.25) is 5.02 Å². The number of piperazine rings is 1. The van der Waals surface area contributed by atoms with Crippen molar-refractivity contribution in [2.45, 2.75) is 19.9 Å². The molecule has 0 radical (unpaired) electrons. The summed E-state index contributed by atoms with van der Waals surface area (Å²) in [6.07, 6.45) is 0. The molecule has 0 aromatic heterocycles. The fraction of sp³-hybridized carbons (Fsp3) is 0.348. The summed E-state index contributed by atoms with van der Waals surface area (Å²) in [4.78, 5) is 41.4. The van der Waals surface area contributed by atoms with Crippen molar-refractivity contribution in [1.29, 1.82) is 0 Å². The largest absolute Gasteiger partial charge is 0.340 e. The molecule has 1 fully saturated rings. The molecule has 1 N–H and O–H groups in total. The van der Waals surface area contributed by atoms with E-state index in [-0.39, 0.29) is 60.1 Å². The SMILES string of the molecule is CC(C)C(NC(=O)c1ccccc1F)C(=O)N1CCN(C(=O)c2ccc(F)cc2Cl)CC1. The first-order chi connectivity index (χ1) is 15.2. The topological polar surface area (TPSA) is 69.7 Å². The van der Waals surface area contributed by atoms with E-state index in [1.807, 2.05) is 0 Å². The van der Waals surface area contributed by atoms with Crippen LogP contribution >= 0.6 is 11.6 Å². The van der Waals surface area contributed by atoms with Crippen molar-refractivity contribution in [3.63, 3.8) is 0 Å². The minimum absolute atomic E-state index is 0.0317. The average molecular weight is 464 g/mol. The van der Waals surface area contributed by atoms with Crippen molar-refractivity contribution in [2.75, 3.05) is 26.2 Å².